The van der Waals surface area contributed by atoms with Gasteiger partial charge in [-0.05, 0) is 56.2 Å². The molecule has 0 atom stereocenters. The molecule has 178 valence electrons. The van der Waals surface area contributed by atoms with Gasteiger partial charge in [-0.25, -0.2) is 4.98 Å². The van der Waals surface area contributed by atoms with E-state index >= 15 is 0 Å². The third kappa shape index (κ3) is 4.66. The number of allylic oxidation sites excluding steroid dienone is 1. The van der Waals surface area contributed by atoms with E-state index in [2.05, 4.69) is 4.98 Å². The molecule has 1 aliphatic carbocycles. The topological polar surface area (TPSA) is 81.2 Å². The Morgan fingerprint density at radius 2 is 2.00 bits per heavy atom. The van der Waals surface area contributed by atoms with Gasteiger partial charge in [-0.15, -0.1) is 11.8 Å². The first-order valence-electron chi connectivity index (χ1n) is 10.6. The van der Waals surface area contributed by atoms with Crippen LogP contribution in [-0.2, 0) is 22.1 Å². The van der Waals surface area contributed by atoms with Crippen molar-refractivity contribution in [3.63, 3.8) is 0 Å². The number of alkyl halides is 3. The first kappa shape index (κ1) is 24.9. The highest BCUT2D eigenvalue weighted by molar-refractivity contribution is 7.99. The van der Waals surface area contributed by atoms with Crippen LogP contribution in [0.4, 0.5) is 13.2 Å². The summed E-state index contributed by atoms with van der Waals surface area (Å²) < 4.78 is 42.6. The number of carbonyl (C=O) groups excluding carboxylic acids is 2. The Kier molecular flexibility index (Phi) is 6.97. The molecule has 33 heavy (non-hydrogen) atoms. The Morgan fingerprint density at radius 3 is 2.48 bits per heavy atom. The summed E-state index contributed by atoms with van der Waals surface area (Å²) in [6, 6.07) is 5.63. The van der Waals surface area contributed by atoms with E-state index in [4.69, 9.17) is 5.73 Å². The maximum absolute atomic E-state index is 13.6. The van der Waals surface area contributed by atoms with Crippen LogP contribution in [0.2, 0.25) is 0 Å². The summed E-state index contributed by atoms with van der Waals surface area (Å²) in [5, 5.41) is 0. The van der Waals surface area contributed by atoms with Crippen molar-refractivity contribution < 1.29 is 22.8 Å². The summed E-state index contributed by atoms with van der Waals surface area (Å²) in [7, 11) is 1.74. The van der Waals surface area contributed by atoms with Crippen LogP contribution in [0.25, 0.3) is 17.5 Å². The minimum absolute atomic E-state index is 0.117. The fraction of sp³-hybridized carbons (Fsp3) is 0.435. The Bertz CT molecular complexity index is 1100. The zero-order valence-corrected chi connectivity index (χ0v) is 19.8. The first-order chi connectivity index (χ1) is 15.5. The van der Waals surface area contributed by atoms with Crippen LogP contribution in [0.15, 0.2) is 28.8 Å². The Labute approximate surface area is 195 Å². The molecular formula is C23H27F3N4O2S. The lowest BCUT2D eigenvalue weighted by molar-refractivity contribution is -0.130. The molecule has 1 aromatic carbocycles. The SMILES string of the molecule is CCSc1cc(C2(C(N)=O)CC2)ccc1-c1nc(/C=C(\N(C=O)CC)C(F)(F)F)c(C)n1C. The van der Waals surface area contributed by atoms with Crippen molar-refractivity contribution >= 4 is 30.2 Å². The van der Waals surface area contributed by atoms with Crippen LogP contribution >= 0.6 is 11.8 Å². The average Bonchev–Trinajstić information content (AvgIpc) is 3.52. The highest BCUT2D eigenvalue weighted by Crippen LogP contribution is 2.49. The molecule has 0 spiro atoms. The number of hydrogen-bond acceptors (Lipinski definition) is 4. The number of carbonyl (C=O) groups is 2. The van der Waals surface area contributed by atoms with Gasteiger partial charge in [0.15, 0.2) is 0 Å². The second-order valence-electron chi connectivity index (χ2n) is 7.97. The second kappa shape index (κ2) is 9.24. The number of rotatable bonds is 9. The number of halogens is 3. The molecule has 0 unspecified atom stereocenters. The van der Waals surface area contributed by atoms with Crippen molar-refractivity contribution in [2.24, 2.45) is 12.8 Å². The van der Waals surface area contributed by atoms with Gasteiger partial charge in [0, 0.05) is 29.7 Å². The monoisotopic (exact) mass is 480 g/mol. The average molecular weight is 481 g/mol. The number of aromatic nitrogens is 2. The molecule has 0 radical (unpaired) electrons. The van der Waals surface area contributed by atoms with Gasteiger partial charge in [-0.3, -0.25) is 9.59 Å². The molecule has 2 N–H and O–H groups in total. The molecule has 2 amide bonds. The Morgan fingerprint density at radius 1 is 1.33 bits per heavy atom. The van der Waals surface area contributed by atoms with Gasteiger partial charge >= 0.3 is 6.18 Å². The minimum atomic E-state index is -4.71. The molecule has 1 fully saturated rings. The lowest BCUT2D eigenvalue weighted by Gasteiger charge is -2.21. The highest BCUT2D eigenvalue weighted by atomic mass is 32.2. The third-order valence-electron chi connectivity index (χ3n) is 6.06. The molecule has 0 saturated heterocycles. The summed E-state index contributed by atoms with van der Waals surface area (Å²) in [5.41, 5.74) is 6.20. The van der Waals surface area contributed by atoms with Gasteiger partial charge in [-0.2, -0.15) is 13.2 Å². The molecular weight excluding hydrogens is 453 g/mol. The molecule has 1 heterocycles. The van der Waals surface area contributed by atoms with Crippen LogP contribution in [0.3, 0.4) is 0 Å². The molecule has 1 saturated carbocycles. The van der Waals surface area contributed by atoms with E-state index in [0.717, 1.165) is 27.9 Å². The van der Waals surface area contributed by atoms with Crippen LogP contribution in [0, 0.1) is 6.92 Å². The van der Waals surface area contributed by atoms with Crippen LogP contribution in [-0.4, -0.2) is 45.2 Å². The molecule has 2 aromatic rings. The normalized spacial score (nSPS) is 15.4. The minimum Gasteiger partial charge on any atom is -0.369 e. The molecule has 0 aliphatic heterocycles. The van der Waals surface area contributed by atoms with Gasteiger partial charge in [-0.1, -0.05) is 13.0 Å². The van der Waals surface area contributed by atoms with E-state index in [1.807, 2.05) is 25.1 Å². The van der Waals surface area contributed by atoms with E-state index in [-0.39, 0.29) is 24.6 Å². The van der Waals surface area contributed by atoms with E-state index in [9.17, 15) is 22.8 Å². The quantitative estimate of drug-likeness (QED) is 0.426. The van der Waals surface area contributed by atoms with E-state index < -0.39 is 17.3 Å². The summed E-state index contributed by atoms with van der Waals surface area (Å²) in [6.07, 6.45) is -2.22. The van der Waals surface area contributed by atoms with Crippen LogP contribution in [0.5, 0.6) is 0 Å². The fourth-order valence-corrected chi connectivity index (χ4v) is 4.66. The van der Waals surface area contributed by atoms with Crippen molar-refractivity contribution in [1.29, 1.82) is 0 Å². The Balaban J connectivity index is 2.13. The maximum atomic E-state index is 13.6. The molecule has 3 rings (SSSR count). The number of hydrogen-bond donors (Lipinski definition) is 1. The highest BCUT2D eigenvalue weighted by Gasteiger charge is 2.50. The number of imidazole rings is 1. The fourth-order valence-electron chi connectivity index (χ4n) is 3.82. The maximum Gasteiger partial charge on any atom is 0.431 e. The third-order valence-corrected chi connectivity index (χ3v) is 6.99. The van der Waals surface area contributed by atoms with E-state index in [1.165, 1.54) is 6.92 Å². The first-order valence-corrected chi connectivity index (χ1v) is 11.6. The predicted molar refractivity (Wildman–Crippen MR) is 122 cm³/mol. The summed E-state index contributed by atoms with van der Waals surface area (Å²) in [5.74, 6) is 0.915. The lowest BCUT2D eigenvalue weighted by Crippen LogP contribution is -2.30. The van der Waals surface area contributed by atoms with Gasteiger partial charge in [0.2, 0.25) is 12.3 Å². The molecule has 1 aromatic heterocycles. The molecule has 0 bridgehead atoms. The summed E-state index contributed by atoms with van der Waals surface area (Å²) in [4.78, 5) is 29.2. The van der Waals surface area contributed by atoms with E-state index in [0.29, 0.717) is 29.3 Å². The standard InChI is InChI=1S/C23H27F3N4O2S/c1-5-30(13-31)19(23(24,25)26)12-17-14(3)29(4)20(28-17)16-8-7-15(11-18(16)33-6-2)22(9-10-22)21(27)32/h7-8,11-13H,5-6,9-10H2,1-4H3,(H2,27,32)/b19-12-. The van der Waals surface area contributed by atoms with Gasteiger partial charge in [0.25, 0.3) is 0 Å². The smallest absolute Gasteiger partial charge is 0.369 e. The number of benzene rings is 1. The van der Waals surface area contributed by atoms with Gasteiger partial charge in [0.1, 0.15) is 11.5 Å². The molecule has 6 nitrogen and oxygen atoms in total. The number of nitrogens with two attached hydrogens (primary N) is 1. The van der Waals surface area contributed by atoms with Crippen molar-refractivity contribution in [1.82, 2.24) is 14.5 Å². The zero-order chi connectivity index (χ0) is 24.6. The van der Waals surface area contributed by atoms with Crippen LogP contribution in [0.1, 0.15) is 43.6 Å². The summed E-state index contributed by atoms with van der Waals surface area (Å²) in [6.45, 7) is 5.03. The second-order valence-corrected chi connectivity index (χ2v) is 9.28. The van der Waals surface area contributed by atoms with Crippen molar-refractivity contribution in [3.05, 3.63) is 40.8 Å². The van der Waals surface area contributed by atoms with Crippen molar-refractivity contribution in [3.8, 4) is 11.4 Å². The van der Waals surface area contributed by atoms with Gasteiger partial charge < -0.3 is 15.2 Å². The van der Waals surface area contributed by atoms with E-state index in [1.54, 1.807) is 30.3 Å². The van der Waals surface area contributed by atoms with Crippen molar-refractivity contribution in [2.45, 2.75) is 50.1 Å². The number of primary amides is 1. The lowest BCUT2D eigenvalue weighted by atomic mass is 9.94. The number of nitrogens with zero attached hydrogens (tertiary/aromatic N) is 3. The van der Waals surface area contributed by atoms with Crippen LogP contribution < -0.4 is 5.73 Å². The molecule has 1 aliphatic rings. The predicted octanol–water partition coefficient (Wildman–Crippen LogP) is 4.41. The summed E-state index contributed by atoms with van der Waals surface area (Å²) >= 11 is 1.57. The largest absolute Gasteiger partial charge is 0.431 e. The zero-order valence-electron chi connectivity index (χ0n) is 19.0. The number of amides is 2. The number of thioether (sulfide) groups is 1. The molecule has 10 heteroatoms. The van der Waals surface area contributed by atoms with Crippen molar-refractivity contribution in [2.75, 3.05) is 12.3 Å². The van der Waals surface area contributed by atoms with Gasteiger partial charge in [0.05, 0.1) is 11.1 Å². The Hall–Kier alpha value is -2.75.